The van der Waals surface area contributed by atoms with E-state index >= 15 is 0 Å². The molecule has 102 valence electrons. The highest BCUT2D eigenvalue weighted by Crippen LogP contribution is 2.27. The Bertz CT molecular complexity index is 549. The van der Waals surface area contributed by atoms with E-state index in [4.69, 9.17) is 0 Å². The Kier molecular flexibility index (Phi) is 4.20. The van der Waals surface area contributed by atoms with Crippen LogP contribution in [0, 0.1) is 0 Å². The van der Waals surface area contributed by atoms with Gasteiger partial charge in [0.2, 0.25) is 5.91 Å². The van der Waals surface area contributed by atoms with Crippen LogP contribution in [0.5, 0.6) is 0 Å². The summed E-state index contributed by atoms with van der Waals surface area (Å²) < 4.78 is 35.8. The molecule has 0 radical (unpaired) electrons. The number of halogens is 3. The molecule has 1 N–H and O–H groups in total. The number of carbonyl (C=O) groups is 1. The zero-order chi connectivity index (χ0) is 13.9. The number of nitrogens with zero attached hydrogens (tertiary/aromatic N) is 1. The first-order valence-corrected chi connectivity index (χ1v) is 7.02. The first kappa shape index (κ1) is 14.0. The minimum atomic E-state index is -4.39. The summed E-state index contributed by atoms with van der Waals surface area (Å²) in [4.78, 5) is 16.5. The lowest BCUT2D eigenvalue weighted by atomic mass is 10.3. The van der Waals surface area contributed by atoms with Crippen LogP contribution in [0.15, 0.2) is 22.9 Å². The van der Waals surface area contributed by atoms with Crippen LogP contribution in [0.4, 0.5) is 13.2 Å². The van der Waals surface area contributed by atoms with Crippen LogP contribution in [0.25, 0.3) is 9.88 Å². The van der Waals surface area contributed by atoms with E-state index in [1.165, 1.54) is 22.7 Å². The van der Waals surface area contributed by atoms with Crippen molar-refractivity contribution >= 4 is 28.6 Å². The maximum Gasteiger partial charge on any atom is 0.405 e. The van der Waals surface area contributed by atoms with Crippen molar-refractivity contribution < 1.29 is 18.0 Å². The lowest BCUT2D eigenvalue weighted by Gasteiger charge is -2.07. The third-order valence-electron chi connectivity index (χ3n) is 2.11. The molecule has 0 aliphatic rings. The number of carbonyl (C=O) groups excluding carboxylic acids is 1. The highest BCUT2D eigenvalue weighted by Gasteiger charge is 2.27. The molecule has 0 unspecified atom stereocenters. The van der Waals surface area contributed by atoms with Crippen molar-refractivity contribution in [1.29, 1.82) is 0 Å². The second kappa shape index (κ2) is 5.70. The van der Waals surface area contributed by atoms with Gasteiger partial charge in [-0.2, -0.15) is 13.2 Å². The molecule has 0 fully saturated rings. The summed E-state index contributed by atoms with van der Waals surface area (Å²) in [5.74, 6) is -0.680. The average molecular weight is 306 g/mol. The molecule has 0 aromatic carbocycles. The molecule has 0 aliphatic heterocycles. The number of amides is 1. The number of thiophene rings is 1. The van der Waals surface area contributed by atoms with E-state index in [0.717, 1.165) is 9.88 Å². The fourth-order valence-electron chi connectivity index (χ4n) is 1.33. The molecule has 2 heterocycles. The molecule has 2 aromatic heterocycles. The van der Waals surface area contributed by atoms with Crippen LogP contribution < -0.4 is 5.32 Å². The van der Waals surface area contributed by atoms with Crippen molar-refractivity contribution in [3.8, 4) is 9.88 Å². The second-order valence-electron chi connectivity index (χ2n) is 3.69. The molecular weight excluding hydrogens is 297 g/mol. The number of hydrogen-bond donors (Lipinski definition) is 1. The molecule has 2 rings (SSSR count). The van der Waals surface area contributed by atoms with E-state index in [0.29, 0.717) is 5.69 Å². The normalized spacial score (nSPS) is 11.5. The van der Waals surface area contributed by atoms with Crippen molar-refractivity contribution in [2.45, 2.75) is 12.6 Å². The standard InChI is InChI=1S/C11H9F3N2OS2/c12-11(13,14)6-15-9(17)4-7-5-19-10(16-7)8-2-1-3-18-8/h1-3,5H,4,6H2,(H,15,17). The summed E-state index contributed by atoms with van der Waals surface area (Å²) in [5.41, 5.74) is 0.480. The first-order chi connectivity index (χ1) is 8.94. The van der Waals surface area contributed by atoms with Gasteiger partial charge in [0.05, 0.1) is 17.0 Å². The fourth-order valence-corrected chi connectivity index (χ4v) is 2.96. The van der Waals surface area contributed by atoms with Gasteiger partial charge in [0.1, 0.15) is 11.6 Å². The van der Waals surface area contributed by atoms with E-state index in [1.54, 1.807) is 5.38 Å². The molecule has 3 nitrogen and oxygen atoms in total. The average Bonchev–Trinajstić information content (AvgIpc) is 2.94. The molecule has 0 spiro atoms. The van der Waals surface area contributed by atoms with Gasteiger partial charge in [0, 0.05) is 5.38 Å². The number of nitrogens with one attached hydrogen (secondary N) is 1. The molecule has 0 aliphatic carbocycles. The van der Waals surface area contributed by atoms with Gasteiger partial charge in [-0.25, -0.2) is 4.98 Å². The molecule has 1 amide bonds. The van der Waals surface area contributed by atoms with Gasteiger partial charge in [-0.1, -0.05) is 6.07 Å². The quantitative estimate of drug-likeness (QED) is 0.943. The van der Waals surface area contributed by atoms with E-state index in [1.807, 2.05) is 22.8 Å². The zero-order valence-corrected chi connectivity index (χ0v) is 11.2. The van der Waals surface area contributed by atoms with Crippen LogP contribution in [-0.4, -0.2) is 23.6 Å². The van der Waals surface area contributed by atoms with Crippen molar-refractivity contribution in [2.24, 2.45) is 0 Å². The Morgan fingerprint density at radius 1 is 1.37 bits per heavy atom. The Morgan fingerprint density at radius 3 is 2.79 bits per heavy atom. The van der Waals surface area contributed by atoms with Gasteiger partial charge < -0.3 is 5.32 Å². The molecule has 0 bridgehead atoms. The number of alkyl halides is 3. The summed E-state index contributed by atoms with van der Waals surface area (Å²) >= 11 is 2.89. The summed E-state index contributed by atoms with van der Waals surface area (Å²) in [7, 11) is 0. The van der Waals surface area contributed by atoms with Crippen LogP contribution in [-0.2, 0) is 11.2 Å². The smallest absolute Gasteiger partial charge is 0.347 e. The van der Waals surface area contributed by atoms with E-state index in [-0.39, 0.29) is 6.42 Å². The number of rotatable bonds is 4. The molecule has 8 heteroatoms. The number of hydrogen-bond acceptors (Lipinski definition) is 4. The van der Waals surface area contributed by atoms with Gasteiger partial charge in [-0.3, -0.25) is 4.79 Å². The molecule has 0 atom stereocenters. The van der Waals surface area contributed by atoms with E-state index in [2.05, 4.69) is 4.98 Å². The van der Waals surface area contributed by atoms with E-state index in [9.17, 15) is 18.0 Å². The lowest BCUT2D eigenvalue weighted by molar-refractivity contribution is -0.138. The topological polar surface area (TPSA) is 42.0 Å². The minimum absolute atomic E-state index is 0.141. The van der Waals surface area contributed by atoms with Crippen molar-refractivity contribution in [3.63, 3.8) is 0 Å². The molecule has 0 saturated heterocycles. The molecule has 19 heavy (non-hydrogen) atoms. The summed E-state index contributed by atoms with van der Waals surface area (Å²) in [6.45, 7) is -1.31. The van der Waals surface area contributed by atoms with Crippen molar-refractivity contribution in [1.82, 2.24) is 10.3 Å². The highest BCUT2D eigenvalue weighted by molar-refractivity contribution is 7.20. The maximum absolute atomic E-state index is 11.9. The van der Waals surface area contributed by atoms with Gasteiger partial charge >= 0.3 is 6.18 Å². The van der Waals surface area contributed by atoms with Gasteiger partial charge in [0.25, 0.3) is 0 Å². The van der Waals surface area contributed by atoms with Crippen molar-refractivity contribution in [3.05, 3.63) is 28.6 Å². The minimum Gasteiger partial charge on any atom is -0.347 e. The Labute approximate surface area is 115 Å². The van der Waals surface area contributed by atoms with Crippen molar-refractivity contribution in [2.75, 3.05) is 6.54 Å². The van der Waals surface area contributed by atoms with Gasteiger partial charge in [0.15, 0.2) is 0 Å². The predicted octanol–water partition coefficient (Wildman–Crippen LogP) is 3.09. The predicted molar refractivity (Wildman–Crippen MR) is 68.2 cm³/mol. The number of aromatic nitrogens is 1. The zero-order valence-electron chi connectivity index (χ0n) is 9.53. The van der Waals surface area contributed by atoms with Gasteiger partial charge in [-0.15, -0.1) is 22.7 Å². The third kappa shape index (κ3) is 4.32. The monoisotopic (exact) mass is 306 g/mol. The summed E-state index contributed by atoms with van der Waals surface area (Å²) in [6.07, 6.45) is -4.53. The lowest BCUT2D eigenvalue weighted by Crippen LogP contribution is -2.34. The first-order valence-electron chi connectivity index (χ1n) is 5.26. The maximum atomic E-state index is 11.9. The summed E-state index contributed by atoms with van der Waals surface area (Å²) in [5, 5.41) is 6.18. The molecule has 2 aromatic rings. The van der Waals surface area contributed by atoms with E-state index < -0.39 is 18.6 Å². The highest BCUT2D eigenvalue weighted by atomic mass is 32.1. The van der Waals surface area contributed by atoms with Crippen LogP contribution in [0.3, 0.4) is 0 Å². The van der Waals surface area contributed by atoms with Crippen LogP contribution in [0.1, 0.15) is 5.69 Å². The fraction of sp³-hybridized carbons (Fsp3) is 0.273. The second-order valence-corrected chi connectivity index (χ2v) is 5.50. The Morgan fingerprint density at radius 2 is 2.16 bits per heavy atom. The van der Waals surface area contributed by atoms with Crippen LogP contribution >= 0.6 is 22.7 Å². The SMILES string of the molecule is O=C(Cc1csc(-c2cccs2)n1)NCC(F)(F)F. The summed E-state index contributed by atoms with van der Waals surface area (Å²) in [6, 6.07) is 3.79. The Hall–Kier alpha value is -1.41. The third-order valence-corrected chi connectivity index (χ3v) is 4.04. The number of thiazole rings is 1. The molecular formula is C11H9F3N2OS2. The van der Waals surface area contributed by atoms with Crippen LogP contribution in [0.2, 0.25) is 0 Å². The molecule has 0 saturated carbocycles. The largest absolute Gasteiger partial charge is 0.405 e. The Balaban J connectivity index is 1.91. The van der Waals surface area contributed by atoms with Gasteiger partial charge in [-0.05, 0) is 11.4 Å².